The van der Waals surface area contributed by atoms with Crippen LogP contribution in [0.5, 0.6) is 5.75 Å². The van der Waals surface area contributed by atoms with Crippen LogP contribution >= 0.6 is 34.8 Å². The molecule has 0 radical (unpaired) electrons. The van der Waals surface area contributed by atoms with E-state index < -0.39 is 17.9 Å². The third-order valence-electron chi connectivity index (χ3n) is 18.0. The zero-order valence-electron chi connectivity index (χ0n) is 61.3. The molecule has 572 valence electrons. The summed E-state index contributed by atoms with van der Waals surface area (Å²) in [5.41, 5.74) is 10.2. The van der Waals surface area contributed by atoms with Crippen molar-refractivity contribution < 1.29 is 53.6 Å². The van der Waals surface area contributed by atoms with Crippen LogP contribution in [-0.2, 0) is 57.7 Å². The lowest BCUT2D eigenvalue weighted by molar-refractivity contribution is -0.137. The molecule has 28 heteroatoms. The fourth-order valence-electron chi connectivity index (χ4n) is 12.7. The summed E-state index contributed by atoms with van der Waals surface area (Å²) in [5.74, 6) is 0.326. The minimum absolute atomic E-state index is 0.0686. The SMILES string of the molecule is CC(=O)Nc1ccc(C(=O)Nc2ccc(Cc3nc(Cl)c(CC(=O)O)c(N4CCCC4)n3)cc2)cc1.CC(C)Oc1ccc(C(=O)Nc2ccc(Cc3nc(Cl)c(CC(=O)O)c(N4CCCC4)n3)cc2)cc1.O=C(O)Cc1c(Cl)nc(Cc2ccc(NC(=O)c3ccc(Nc4ccccc4)cc3)cc2)nc1N1CCCC1. The van der Waals surface area contributed by atoms with Gasteiger partial charge in [0.15, 0.2) is 0 Å². The van der Waals surface area contributed by atoms with Crippen molar-refractivity contribution in [2.75, 3.05) is 80.6 Å². The summed E-state index contributed by atoms with van der Waals surface area (Å²) in [7, 11) is 0. The number of hydrogen-bond donors (Lipinski definition) is 8. The number of para-hydroxylation sites is 1. The molecular weight excluding hydrogens is 1480 g/mol. The molecular formula is C83H83Cl3N14O11. The number of halogens is 3. The second-order valence-electron chi connectivity index (χ2n) is 27.0. The highest BCUT2D eigenvalue weighted by Crippen LogP contribution is 2.33. The average Bonchev–Trinajstić information content (AvgIpc) is 1.80. The summed E-state index contributed by atoms with van der Waals surface area (Å²) in [4.78, 5) is 117. The van der Waals surface area contributed by atoms with Crippen LogP contribution < -0.4 is 46.0 Å². The van der Waals surface area contributed by atoms with E-state index in [0.29, 0.717) is 110 Å². The Kier molecular flexibility index (Phi) is 27.6. The Labute approximate surface area is 656 Å². The molecule has 0 spiro atoms. The van der Waals surface area contributed by atoms with Crippen molar-refractivity contribution >= 4 is 128 Å². The second-order valence-corrected chi connectivity index (χ2v) is 28.1. The summed E-state index contributed by atoms with van der Waals surface area (Å²) in [6.07, 6.45) is 6.86. The molecule has 0 bridgehead atoms. The molecule has 13 rings (SSSR count). The lowest BCUT2D eigenvalue weighted by Gasteiger charge is -2.21. The lowest BCUT2D eigenvalue weighted by atomic mass is 10.1. The Morgan fingerprint density at radius 3 is 0.955 bits per heavy atom. The largest absolute Gasteiger partial charge is 0.491 e. The van der Waals surface area contributed by atoms with Crippen molar-refractivity contribution in [2.24, 2.45) is 0 Å². The Morgan fingerprint density at radius 1 is 0.378 bits per heavy atom. The molecule has 0 saturated carbocycles. The Hall–Kier alpha value is -12.1. The van der Waals surface area contributed by atoms with Crippen LogP contribution in [0, 0.1) is 0 Å². The molecule has 111 heavy (non-hydrogen) atoms. The third-order valence-corrected chi connectivity index (χ3v) is 19.0. The number of carboxylic acids is 3. The van der Waals surface area contributed by atoms with Gasteiger partial charge in [0.1, 0.15) is 56.1 Å². The van der Waals surface area contributed by atoms with Crippen LogP contribution in [-0.4, -0.2) is 132 Å². The van der Waals surface area contributed by atoms with Gasteiger partial charge in [-0.3, -0.25) is 33.6 Å². The summed E-state index contributed by atoms with van der Waals surface area (Å²) in [5, 5.41) is 43.1. The normalized spacial score (nSPS) is 12.9. The molecule has 3 aliphatic heterocycles. The maximum absolute atomic E-state index is 12.8. The number of aliphatic carboxylic acids is 3. The first-order valence-electron chi connectivity index (χ1n) is 36.3. The smallest absolute Gasteiger partial charge is 0.308 e. The fourth-order valence-corrected chi connectivity index (χ4v) is 13.5. The Morgan fingerprint density at radius 2 is 0.658 bits per heavy atom. The molecule has 0 unspecified atom stereocenters. The molecule has 3 aliphatic rings. The number of ether oxygens (including phenoxy) is 1. The number of aromatic nitrogens is 6. The van der Waals surface area contributed by atoms with Gasteiger partial charge in [-0.15, -0.1) is 0 Å². The highest BCUT2D eigenvalue weighted by Gasteiger charge is 2.27. The summed E-state index contributed by atoms with van der Waals surface area (Å²) >= 11 is 19.2. The maximum atomic E-state index is 12.8. The van der Waals surface area contributed by atoms with Gasteiger partial charge in [-0.25, -0.2) is 29.9 Å². The van der Waals surface area contributed by atoms with E-state index in [0.717, 1.165) is 112 Å². The summed E-state index contributed by atoms with van der Waals surface area (Å²) < 4.78 is 5.62. The predicted molar refractivity (Wildman–Crippen MR) is 430 cm³/mol. The second kappa shape index (κ2) is 38.3. The monoisotopic (exact) mass is 1560 g/mol. The highest BCUT2D eigenvalue weighted by molar-refractivity contribution is 6.31. The Bertz CT molecular complexity index is 4930. The molecule has 3 aromatic heterocycles. The number of amides is 4. The zero-order chi connectivity index (χ0) is 78.5. The number of rotatable bonds is 26. The van der Waals surface area contributed by atoms with Crippen molar-refractivity contribution in [2.45, 2.75) is 104 Å². The van der Waals surface area contributed by atoms with E-state index in [4.69, 9.17) is 44.5 Å². The molecule has 0 aliphatic carbocycles. The summed E-state index contributed by atoms with van der Waals surface area (Å²) in [6.45, 7) is 10.2. The molecule has 10 aromatic rings. The molecule has 0 atom stereocenters. The van der Waals surface area contributed by atoms with E-state index in [2.05, 4.69) is 66.2 Å². The van der Waals surface area contributed by atoms with Crippen LogP contribution in [0.25, 0.3) is 0 Å². The molecule has 4 amide bonds. The topological polar surface area (TPSA) is 337 Å². The fraction of sp³-hybridized carbons (Fsp3) is 0.265. The molecule has 3 fully saturated rings. The predicted octanol–water partition coefficient (Wildman–Crippen LogP) is 15.1. The number of hydrogen-bond acceptors (Lipinski definition) is 18. The van der Waals surface area contributed by atoms with E-state index in [1.165, 1.54) is 6.92 Å². The lowest BCUT2D eigenvalue weighted by Crippen LogP contribution is -2.23. The van der Waals surface area contributed by atoms with Gasteiger partial charge in [0.25, 0.3) is 17.7 Å². The van der Waals surface area contributed by atoms with Crippen molar-refractivity contribution in [3.8, 4) is 5.75 Å². The first-order valence-corrected chi connectivity index (χ1v) is 37.5. The minimum Gasteiger partial charge on any atom is -0.491 e. The van der Waals surface area contributed by atoms with Crippen molar-refractivity contribution in [1.82, 2.24) is 29.9 Å². The number of anilines is 9. The van der Waals surface area contributed by atoms with E-state index >= 15 is 0 Å². The molecule has 3 saturated heterocycles. The zero-order valence-corrected chi connectivity index (χ0v) is 63.6. The number of carboxylic acid groups (broad SMARTS) is 3. The van der Waals surface area contributed by atoms with Gasteiger partial charge in [-0.1, -0.05) is 89.4 Å². The van der Waals surface area contributed by atoms with Crippen LogP contribution in [0.1, 0.15) is 141 Å². The number of benzene rings is 7. The average molecular weight is 1560 g/mol. The number of carbonyl (C=O) groups is 7. The highest BCUT2D eigenvalue weighted by atomic mass is 35.5. The van der Waals surface area contributed by atoms with Gasteiger partial charge < -0.3 is 61.3 Å². The minimum atomic E-state index is -0.977. The molecule has 8 N–H and O–H groups in total. The number of nitrogens with zero attached hydrogens (tertiary/aromatic N) is 9. The van der Waals surface area contributed by atoms with Crippen LogP contribution in [0.3, 0.4) is 0 Å². The molecule has 25 nitrogen and oxygen atoms in total. The van der Waals surface area contributed by atoms with Gasteiger partial charge >= 0.3 is 17.9 Å². The van der Waals surface area contributed by atoms with Gasteiger partial charge in [-0.2, -0.15) is 0 Å². The van der Waals surface area contributed by atoms with Crippen LogP contribution in [0.4, 0.5) is 51.6 Å². The first kappa shape index (κ1) is 80.0. The van der Waals surface area contributed by atoms with Gasteiger partial charge in [0.05, 0.1) is 25.4 Å². The molecule has 7 aromatic carbocycles. The van der Waals surface area contributed by atoms with Gasteiger partial charge in [0.2, 0.25) is 5.91 Å². The van der Waals surface area contributed by atoms with Crippen LogP contribution in [0.15, 0.2) is 176 Å². The van der Waals surface area contributed by atoms with Gasteiger partial charge in [-0.05, 0) is 190 Å². The van der Waals surface area contributed by atoms with E-state index in [1.807, 2.05) is 117 Å². The number of nitrogens with one attached hydrogen (secondary N) is 5. The van der Waals surface area contributed by atoms with Crippen molar-refractivity contribution in [1.29, 1.82) is 0 Å². The van der Waals surface area contributed by atoms with E-state index in [1.54, 1.807) is 72.8 Å². The van der Waals surface area contributed by atoms with E-state index in [9.17, 15) is 48.9 Å². The third kappa shape index (κ3) is 23.2. The molecule has 6 heterocycles. The first-order chi connectivity index (χ1) is 53.5. The van der Waals surface area contributed by atoms with Gasteiger partial charge in [0, 0.05) is 133 Å². The van der Waals surface area contributed by atoms with Crippen molar-refractivity contribution in [3.05, 3.63) is 259 Å². The quantitative estimate of drug-likeness (QED) is 0.0233. The van der Waals surface area contributed by atoms with E-state index in [-0.39, 0.29) is 64.5 Å². The Balaban J connectivity index is 0.000000165. The van der Waals surface area contributed by atoms with Crippen molar-refractivity contribution in [3.63, 3.8) is 0 Å². The maximum Gasteiger partial charge on any atom is 0.308 e. The summed E-state index contributed by atoms with van der Waals surface area (Å²) in [6, 6.07) is 53.0. The standard InChI is InChI=1S/C30H28ClN5O3.C27H29ClN4O4.C26H26ClN5O4/c31-28-25(19-27(37)38)29(36-16-4-5-17-36)35-26(34-28)18-20-8-12-24(13-9-20)33-30(39)21-10-14-23(15-11-21)32-22-6-2-1-3-7-22;1-17(2)36-21-11-7-19(8-12-21)27(35)29-20-9-5-18(6-10-20)15-23-30-25(28)22(16-24(33)34)26(31-23)32-13-3-4-14-32;1-16(33)28-19-10-6-18(7-11-19)26(36)29-20-8-4-17(5-9-20)14-22-30-24(27)21(15-23(34)35)25(31-22)32-12-2-3-13-32/h1-3,6-15,32H,4-5,16-19H2,(H,33,39)(H,37,38);5-12,17H,3-4,13-16H2,1-2H3,(H,29,35)(H,33,34);4-11H,2-3,12-15H2,1H3,(H,28,33)(H,29,36)(H,34,35). The number of carbonyl (C=O) groups excluding carboxylic acids is 4. The van der Waals surface area contributed by atoms with Crippen LogP contribution in [0.2, 0.25) is 15.5 Å².